The molecule has 5 rings (SSSR count). The van der Waals surface area contributed by atoms with Gasteiger partial charge >= 0.3 is 6.03 Å². The van der Waals surface area contributed by atoms with Gasteiger partial charge in [-0.25, -0.2) is 13.2 Å². The number of likely N-dealkylation sites (tertiary alicyclic amines) is 1. The summed E-state index contributed by atoms with van der Waals surface area (Å²) in [7, 11) is -2.07. The molecule has 0 aromatic heterocycles. The van der Waals surface area contributed by atoms with E-state index in [1.807, 2.05) is 36.4 Å². The van der Waals surface area contributed by atoms with Crippen LogP contribution in [0.25, 0.3) is 0 Å². The van der Waals surface area contributed by atoms with Crippen molar-refractivity contribution in [2.24, 2.45) is 0 Å². The number of carbonyl (C=O) groups excluding carboxylic acids is 1. The molecule has 3 aliphatic rings. The molecule has 1 aliphatic carbocycles. The van der Waals surface area contributed by atoms with Crippen molar-refractivity contribution in [3.63, 3.8) is 0 Å². The van der Waals surface area contributed by atoms with Crippen molar-refractivity contribution in [2.75, 3.05) is 20.2 Å². The Morgan fingerprint density at radius 2 is 1.84 bits per heavy atom. The second-order valence-electron chi connectivity index (χ2n) is 8.99. The average Bonchev–Trinajstić information content (AvgIpc) is 3.51. The first-order valence-electron chi connectivity index (χ1n) is 11.2. The van der Waals surface area contributed by atoms with Gasteiger partial charge in [0.1, 0.15) is 5.75 Å². The van der Waals surface area contributed by atoms with Gasteiger partial charge in [0, 0.05) is 25.7 Å². The predicted molar refractivity (Wildman–Crippen MR) is 121 cm³/mol. The molecular formula is C24H29N3O4S. The molecule has 8 heteroatoms. The number of benzene rings is 2. The minimum Gasteiger partial charge on any atom is -0.497 e. The van der Waals surface area contributed by atoms with E-state index in [1.165, 1.54) is 0 Å². The number of rotatable bonds is 4. The van der Waals surface area contributed by atoms with Gasteiger partial charge in [-0.3, -0.25) is 0 Å². The fourth-order valence-corrected chi connectivity index (χ4v) is 7.47. The summed E-state index contributed by atoms with van der Waals surface area (Å²) in [6.45, 7) is 1.14. The van der Waals surface area contributed by atoms with Gasteiger partial charge in [-0.1, -0.05) is 43.2 Å². The standard InChI is InChI=1S/C24H29N3O4S/c1-31-20-12-10-18(11-13-20)16-27-24(21-8-4-5-9-22(21)32(27,29)30)14-15-26(17-24)23(28)25-19-6-2-3-7-19/h4-5,8-13,19H,2-3,6-7,14-17H2,1H3,(H,25,28). The minimum atomic E-state index is -3.68. The zero-order valence-electron chi connectivity index (χ0n) is 18.3. The third kappa shape index (κ3) is 3.46. The lowest BCUT2D eigenvalue weighted by atomic mass is 9.88. The number of ether oxygens (including phenoxy) is 1. The summed E-state index contributed by atoms with van der Waals surface area (Å²) < 4.78 is 34.1. The molecular weight excluding hydrogens is 426 g/mol. The van der Waals surface area contributed by atoms with E-state index in [-0.39, 0.29) is 18.6 Å². The molecule has 2 amide bonds. The van der Waals surface area contributed by atoms with Gasteiger partial charge in [0.05, 0.1) is 17.5 Å². The molecule has 1 atom stereocenters. The van der Waals surface area contributed by atoms with Crippen LogP contribution in [0.15, 0.2) is 53.4 Å². The van der Waals surface area contributed by atoms with Crippen LogP contribution >= 0.6 is 0 Å². The van der Waals surface area contributed by atoms with Gasteiger partial charge < -0.3 is 15.0 Å². The maximum Gasteiger partial charge on any atom is 0.317 e. The smallest absolute Gasteiger partial charge is 0.317 e. The summed E-state index contributed by atoms with van der Waals surface area (Å²) in [5.41, 5.74) is 0.933. The second-order valence-corrected chi connectivity index (χ2v) is 10.8. The number of hydrogen-bond acceptors (Lipinski definition) is 4. The van der Waals surface area contributed by atoms with E-state index in [4.69, 9.17) is 4.74 Å². The number of nitrogens with one attached hydrogen (secondary N) is 1. The molecule has 2 aromatic rings. The molecule has 1 spiro atoms. The van der Waals surface area contributed by atoms with Crippen molar-refractivity contribution in [1.29, 1.82) is 0 Å². The highest BCUT2D eigenvalue weighted by Crippen LogP contribution is 2.50. The van der Waals surface area contributed by atoms with Gasteiger partial charge in [-0.05, 0) is 48.6 Å². The lowest BCUT2D eigenvalue weighted by Gasteiger charge is -2.34. The summed E-state index contributed by atoms with van der Waals surface area (Å²) in [5, 5.41) is 3.15. The normalized spacial score (nSPS) is 24.7. The fraction of sp³-hybridized carbons (Fsp3) is 0.458. The first-order chi connectivity index (χ1) is 15.4. The largest absolute Gasteiger partial charge is 0.497 e. The molecule has 2 aliphatic heterocycles. The fourth-order valence-electron chi connectivity index (χ4n) is 5.42. The Balaban J connectivity index is 1.47. The van der Waals surface area contributed by atoms with Gasteiger partial charge in [0.25, 0.3) is 0 Å². The van der Waals surface area contributed by atoms with Crippen molar-refractivity contribution >= 4 is 16.1 Å². The molecule has 1 N–H and O–H groups in total. The van der Waals surface area contributed by atoms with E-state index in [0.717, 1.165) is 42.6 Å². The Morgan fingerprint density at radius 1 is 1.12 bits per heavy atom. The monoisotopic (exact) mass is 455 g/mol. The molecule has 170 valence electrons. The Bertz CT molecular complexity index is 1110. The van der Waals surface area contributed by atoms with E-state index >= 15 is 0 Å². The Labute approximate surface area is 189 Å². The number of hydrogen-bond donors (Lipinski definition) is 1. The molecule has 2 fully saturated rings. The van der Waals surface area contributed by atoms with Crippen LogP contribution in [0.5, 0.6) is 5.75 Å². The van der Waals surface area contributed by atoms with Crippen LogP contribution < -0.4 is 10.1 Å². The summed E-state index contributed by atoms with van der Waals surface area (Å²) in [6, 6.07) is 14.8. The van der Waals surface area contributed by atoms with E-state index in [1.54, 1.807) is 28.4 Å². The predicted octanol–water partition coefficient (Wildman–Crippen LogP) is 3.45. The van der Waals surface area contributed by atoms with Gasteiger partial charge in [-0.2, -0.15) is 4.31 Å². The number of urea groups is 1. The topological polar surface area (TPSA) is 79.0 Å². The lowest BCUT2D eigenvalue weighted by molar-refractivity contribution is 0.176. The number of amides is 2. The summed E-state index contributed by atoms with van der Waals surface area (Å²) in [5.74, 6) is 0.728. The molecule has 0 radical (unpaired) electrons. The molecule has 2 aromatic carbocycles. The number of methoxy groups -OCH3 is 1. The highest BCUT2D eigenvalue weighted by Gasteiger charge is 2.57. The molecule has 32 heavy (non-hydrogen) atoms. The van der Waals surface area contributed by atoms with Crippen molar-refractivity contribution in [2.45, 2.75) is 55.1 Å². The Kier molecular flexibility index (Phi) is 5.37. The summed E-state index contributed by atoms with van der Waals surface area (Å²) >= 11 is 0. The molecule has 7 nitrogen and oxygen atoms in total. The van der Waals surface area contributed by atoms with Crippen molar-refractivity contribution in [3.05, 3.63) is 59.7 Å². The van der Waals surface area contributed by atoms with E-state index in [2.05, 4.69) is 5.32 Å². The third-order valence-electron chi connectivity index (χ3n) is 7.14. The number of sulfonamides is 1. The van der Waals surface area contributed by atoms with Crippen LogP contribution in [0.4, 0.5) is 4.79 Å². The SMILES string of the molecule is COc1ccc(CN2C3(CCN(C(=O)NC4CCCC4)C3)c3ccccc3S2(=O)=O)cc1. The molecule has 1 saturated heterocycles. The van der Waals surface area contributed by atoms with E-state index in [9.17, 15) is 13.2 Å². The van der Waals surface area contributed by atoms with Crippen LogP contribution in [-0.2, 0) is 22.1 Å². The Morgan fingerprint density at radius 3 is 2.56 bits per heavy atom. The van der Waals surface area contributed by atoms with Gasteiger partial charge in [0.2, 0.25) is 10.0 Å². The first kappa shape index (κ1) is 21.3. The quantitative estimate of drug-likeness (QED) is 0.766. The van der Waals surface area contributed by atoms with Crippen LogP contribution in [0.3, 0.4) is 0 Å². The Hall–Kier alpha value is -2.58. The summed E-state index contributed by atoms with van der Waals surface area (Å²) in [6.07, 6.45) is 4.92. The van der Waals surface area contributed by atoms with Gasteiger partial charge in [-0.15, -0.1) is 0 Å². The van der Waals surface area contributed by atoms with Crippen LogP contribution in [0, 0.1) is 0 Å². The van der Waals surface area contributed by atoms with E-state index < -0.39 is 15.6 Å². The second kappa shape index (κ2) is 8.08. The van der Waals surface area contributed by atoms with Crippen LogP contribution in [0.2, 0.25) is 0 Å². The molecule has 1 saturated carbocycles. The third-order valence-corrected chi connectivity index (χ3v) is 9.11. The first-order valence-corrected chi connectivity index (χ1v) is 12.7. The maximum absolute atomic E-state index is 13.6. The highest BCUT2D eigenvalue weighted by molar-refractivity contribution is 7.89. The highest BCUT2D eigenvalue weighted by atomic mass is 32.2. The van der Waals surface area contributed by atoms with Crippen molar-refractivity contribution in [3.8, 4) is 5.75 Å². The van der Waals surface area contributed by atoms with Crippen LogP contribution in [-0.4, -0.2) is 49.9 Å². The molecule has 0 bridgehead atoms. The van der Waals surface area contributed by atoms with E-state index in [0.29, 0.717) is 24.4 Å². The number of nitrogens with zero attached hydrogens (tertiary/aromatic N) is 2. The summed E-state index contributed by atoms with van der Waals surface area (Å²) in [4.78, 5) is 15.1. The number of fused-ring (bicyclic) bond motifs is 2. The van der Waals surface area contributed by atoms with Crippen molar-refractivity contribution in [1.82, 2.24) is 14.5 Å². The zero-order valence-corrected chi connectivity index (χ0v) is 19.1. The minimum absolute atomic E-state index is 0.0834. The molecule has 1 unspecified atom stereocenters. The average molecular weight is 456 g/mol. The number of carbonyl (C=O) groups is 1. The zero-order chi connectivity index (χ0) is 22.3. The lowest BCUT2D eigenvalue weighted by Crippen LogP contribution is -2.48. The van der Waals surface area contributed by atoms with Gasteiger partial charge in [0.15, 0.2) is 0 Å². The maximum atomic E-state index is 13.6. The van der Waals surface area contributed by atoms with Crippen molar-refractivity contribution < 1.29 is 17.9 Å². The van der Waals surface area contributed by atoms with Crippen LogP contribution in [0.1, 0.15) is 43.2 Å². The molecule has 2 heterocycles.